The van der Waals surface area contributed by atoms with E-state index >= 15 is 0 Å². The number of nitrogen functional groups attached to an aromatic ring is 1. The summed E-state index contributed by atoms with van der Waals surface area (Å²) in [5.41, 5.74) is 9.05. The summed E-state index contributed by atoms with van der Waals surface area (Å²) in [4.78, 5) is 12.5. The fourth-order valence-electron chi connectivity index (χ4n) is 2.27. The summed E-state index contributed by atoms with van der Waals surface area (Å²) >= 11 is 6.09. The summed E-state index contributed by atoms with van der Waals surface area (Å²) in [7, 11) is 1.62. The van der Waals surface area contributed by atoms with E-state index in [0.717, 1.165) is 16.9 Å². The highest BCUT2D eigenvalue weighted by Gasteiger charge is 2.15. The second-order valence-electron chi connectivity index (χ2n) is 4.71. The van der Waals surface area contributed by atoms with Crippen LogP contribution >= 0.6 is 11.6 Å². The molecule has 104 valence electrons. The number of ketones is 1. The van der Waals surface area contributed by atoms with E-state index in [-0.39, 0.29) is 5.78 Å². The summed E-state index contributed by atoms with van der Waals surface area (Å²) in [6.45, 7) is 3.82. The Morgan fingerprint density at radius 3 is 2.25 bits per heavy atom. The Balaban J connectivity index is 2.49. The lowest BCUT2D eigenvalue weighted by Gasteiger charge is -2.11. The van der Waals surface area contributed by atoms with E-state index in [4.69, 9.17) is 22.1 Å². The Hall–Kier alpha value is -2.00. The number of halogens is 1. The van der Waals surface area contributed by atoms with E-state index in [1.165, 1.54) is 0 Å². The van der Waals surface area contributed by atoms with Crippen molar-refractivity contribution in [3.63, 3.8) is 0 Å². The molecular weight excluding hydrogens is 274 g/mol. The molecule has 0 bridgehead atoms. The predicted molar refractivity (Wildman–Crippen MR) is 81.8 cm³/mol. The number of ether oxygens (including phenoxy) is 1. The van der Waals surface area contributed by atoms with Crippen LogP contribution < -0.4 is 10.5 Å². The molecule has 20 heavy (non-hydrogen) atoms. The SMILES string of the molecule is COc1c(C)cc(C(=O)c2ccc(N)cc2Cl)cc1C. The van der Waals surface area contributed by atoms with Crippen molar-refractivity contribution in [1.82, 2.24) is 0 Å². The van der Waals surface area contributed by atoms with Gasteiger partial charge in [-0.1, -0.05) is 11.6 Å². The smallest absolute Gasteiger partial charge is 0.194 e. The van der Waals surface area contributed by atoms with Gasteiger partial charge in [-0.2, -0.15) is 0 Å². The average molecular weight is 290 g/mol. The van der Waals surface area contributed by atoms with Gasteiger partial charge in [0, 0.05) is 16.8 Å². The predicted octanol–water partition coefficient (Wildman–Crippen LogP) is 3.78. The quantitative estimate of drug-likeness (QED) is 0.691. The molecule has 0 aromatic heterocycles. The van der Waals surface area contributed by atoms with E-state index in [0.29, 0.717) is 21.8 Å². The lowest BCUT2D eigenvalue weighted by atomic mass is 9.98. The largest absolute Gasteiger partial charge is 0.496 e. The molecule has 0 atom stereocenters. The van der Waals surface area contributed by atoms with Gasteiger partial charge in [0.25, 0.3) is 0 Å². The zero-order chi connectivity index (χ0) is 14.9. The number of benzene rings is 2. The number of anilines is 1. The fraction of sp³-hybridized carbons (Fsp3) is 0.188. The summed E-state index contributed by atoms with van der Waals surface area (Å²) < 4.78 is 5.30. The van der Waals surface area contributed by atoms with E-state index < -0.39 is 0 Å². The third kappa shape index (κ3) is 2.63. The van der Waals surface area contributed by atoms with Crippen LogP contribution in [0.4, 0.5) is 5.69 Å². The number of methoxy groups -OCH3 is 1. The van der Waals surface area contributed by atoms with Gasteiger partial charge in [0.05, 0.1) is 12.1 Å². The number of carbonyl (C=O) groups excluding carboxylic acids is 1. The molecule has 0 heterocycles. The monoisotopic (exact) mass is 289 g/mol. The molecule has 0 saturated carbocycles. The number of nitrogens with two attached hydrogens (primary N) is 1. The van der Waals surface area contributed by atoms with Gasteiger partial charge in [-0.25, -0.2) is 0 Å². The first-order valence-corrected chi connectivity index (χ1v) is 6.56. The van der Waals surface area contributed by atoms with Crippen molar-refractivity contribution >= 4 is 23.1 Å². The van der Waals surface area contributed by atoms with Crippen LogP contribution in [0.15, 0.2) is 30.3 Å². The minimum Gasteiger partial charge on any atom is -0.496 e. The van der Waals surface area contributed by atoms with Crippen LogP contribution in [0.2, 0.25) is 5.02 Å². The third-order valence-corrected chi connectivity index (χ3v) is 3.48. The maximum Gasteiger partial charge on any atom is 0.194 e. The number of hydrogen-bond donors (Lipinski definition) is 1. The van der Waals surface area contributed by atoms with Crippen molar-refractivity contribution in [2.75, 3.05) is 12.8 Å². The van der Waals surface area contributed by atoms with Gasteiger partial charge in [0.1, 0.15) is 5.75 Å². The van der Waals surface area contributed by atoms with E-state index in [1.807, 2.05) is 13.8 Å². The van der Waals surface area contributed by atoms with E-state index in [9.17, 15) is 4.79 Å². The molecule has 0 fully saturated rings. The Kier molecular flexibility index (Phi) is 4.00. The topological polar surface area (TPSA) is 52.3 Å². The van der Waals surface area contributed by atoms with Gasteiger partial charge in [-0.15, -0.1) is 0 Å². The van der Waals surface area contributed by atoms with Gasteiger partial charge in [-0.3, -0.25) is 4.79 Å². The number of hydrogen-bond acceptors (Lipinski definition) is 3. The Bertz CT molecular complexity index is 657. The molecule has 0 saturated heterocycles. The molecule has 0 aliphatic heterocycles. The van der Waals surface area contributed by atoms with Gasteiger partial charge < -0.3 is 10.5 Å². The average Bonchev–Trinajstić information content (AvgIpc) is 2.37. The van der Waals surface area contributed by atoms with Crippen molar-refractivity contribution in [3.05, 3.63) is 57.6 Å². The second kappa shape index (κ2) is 5.55. The minimum atomic E-state index is -0.121. The molecule has 0 amide bonds. The van der Waals surface area contributed by atoms with Crippen LogP contribution in [0.25, 0.3) is 0 Å². The molecule has 4 heteroatoms. The van der Waals surface area contributed by atoms with Crippen LogP contribution in [0.3, 0.4) is 0 Å². The highest BCUT2D eigenvalue weighted by atomic mass is 35.5. The molecule has 0 aliphatic rings. The van der Waals surface area contributed by atoms with Crippen LogP contribution in [-0.2, 0) is 0 Å². The number of rotatable bonds is 3. The molecule has 0 aliphatic carbocycles. The third-order valence-electron chi connectivity index (χ3n) is 3.16. The maximum absolute atomic E-state index is 12.5. The molecule has 2 N–H and O–H groups in total. The van der Waals surface area contributed by atoms with Crippen LogP contribution in [0.1, 0.15) is 27.0 Å². The van der Waals surface area contributed by atoms with Gasteiger partial charge >= 0.3 is 0 Å². The number of aryl methyl sites for hydroxylation is 2. The van der Waals surface area contributed by atoms with Crippen LogP contribution in [-0.4, -0.2) is 12.9 Å². The van der Waals surface area contributed by atoms with Crippen LogP contribution in [0.5, 0.6) is 5.75 Å². The molecule has 2 aromatic carbocycles. The molecule has 2 aromatic rings. The normalized spacial score (nSPS) is 10.4. The van der Waals surface area contributed by atoms with Gasteiger partial charge in [0.2, 0.25) is 0 Å². The van der Waals surface area contributed by atoms with Crippen molar-refractivity contribution < 1.29 is 9.53 Å². The number of carbonyl (C=O) groups is 1. The molecule has 0 radical (unpaired) electrons. The molecule has 0 spiro atoms. The second-order valence-corrected chi connectivity index (χ2v) is 5.12. The van der Waals surface area contributed by atoms with E-state index in [1.54, 1.807) is 37.4 Å². The minimum absolute atomic E-state index is 0.121. The van der Waals surface area contributed by atoms with Crippen molar-refractivity contribution in [2.45, 2.75) is 13.8 Å². The summed E-state index contributed by atoms with van der Waals surface area (Å²) in [6.07, 6.45) is 0. The van der Waals surface area contributed by atoms with Crippen LogP contribution in [0, 0.1) is 13.8 Å². The summed E-state index contributed by atoms with van der Waals surface area (Å²) in [5.74, 6) is 0.675. The Morgan fingerprint density at radius 2 is 1.75 bits per heavy atom. The molecule has 0 unspecified atom stereocenters. The zero-order valence-electron chi connectivity index (χ0n) is 11.7. The first-order valence-electron chi connectivity index (χ1n) is 6.19. The van der Waals surface area contributed by atoms with Crippen molar-refractivity contribution in [1.29, 1.82) is 0 Å². The lowest BCUT2D eigenvalue weighted by Crippen LogP contribution is -2.05. The fourth-order valence-corrected chi connectivity index (χ4v) is 2.55. The Morgan fingerprint density at radius 1 is 1.15 bits per heavy atom. The molecule has 3 nitrogen and oxygen atoms in total. The first kappa shape index (κ1) is 14.4. The standard InChI is InChI=1S/C16H16ClNO2/c1-9-6-11(7-10(2)16(9)20-3)15(19)13-5-4-12(18)8-14(13)17/h4-8H,18H2,1-3H3. The molecule has 2 rings (SSSR count). The van der Waals surface area contributed by atoms with E-state index in [2.05, 4.69) is 0 Å². The van der Waals surface area contributed by atoms with Gasteiger partial charge in [0.15, 0.2) is 5.78 Å². The highest BCUT2D eigenvalue weighted by Crippen LogP contribution is 2.27. The maximum atomic E-state index is 12.5. The lowest BCUT2D eigenvalue weighted by molar-refractivity contribution is 0.103. The summed E-state index contributed by atoms with van der Waals surface area (Å²) in [6, 6.07) is 8.51. The van der Waals surface area contributed by atoms with Gasteiger partial charge in [-0.05, 0) is 55.3 Å². The zero-order valence-corrected chi connectivity index (χ0v) is 12.4. The molecular formula is C16H16ClNO2. The summed E-state index contributed by atoms with van der Waals surface area (Å²) in [5, 5.41) is 0.362. The highest BCUT2D eigenvalue weighted by molar-refractivity contribution is 6.35. The Labute approximate surface area is 123 Å². The van der Waals surface area contributed by atoms with Crippen molar-refractivity contribution in [2.24, 2.45) is 0 Å². The first-order chi connectivity index (χ1) is 9.43. The van der Waals surface area contributed by atoms with Crippen molar-refractivity contribution in [3.8, 4) is 5.75 Å².